The number of rotatable bonds is 5. The predicted octanol–water partition coefficient (Wildman–Crippen LogP) is -0.570. The summed E-state index contributed by atoms with van der Waals surface area (Å²) >= 11 is 0. The fourth-order valence-electron chi connectivity index (χ4n) is 2.03. The summed E-state index contributed by atoms with van der Waals surface area (Å²) in [6.07, 6.45) is 0.876. The highest BCUT2D eigenvalue weighted by Crippen LogP contribution is 2.06. The molecule has 5 heteroatoms. The molecular formula is C12H26N4O. The number of carbonyl (C=O) groups excluding carboxylic acids is 1. The van der Waals surface area contributed by atoms with Gasteiger partial charge in [-0.05, 0) is 26.9 Å². The minimum Gasteiger partial charge on any atom is -0.345 e. The number of amides is 1. The monoisotopic (exact) mass is 242 g/mol. The van der Waals surface area contributed by atoms with Gasteiger partial charge in [0.25, 0.3) is 0 Å². The van der Waals surface area contributed by atoms with Gasteiger partial charge in [-0.25, -0.2) is 0 Å². The van der Waals surface area contributed by atoms with E-state index >= 15 is 0 Å². The van der Waals surface area contributed by atoms with E-state index in [1.807, 2.05) is 7.05 Å². The first-order valence-corrected chi connectivity index (χ1v) is 6.41. The van der Waals surface area contributed by atoms with Gasteiger partial charge in [0.1, 0.15) is 0 Å². The van der Waals surface area contributed by atoms with Crippen molar-refractivity contribution in [3.05, 3.63) is 0 Å². The van der Waals surface area contributed by atoms with Gasteiger partial charge in [0.15, 0.2) is 0 Å². The summed E-state index contributed by atoms with van der Waals surface area (Å²) in [5.41, 5.74) is 5.44. The molecule has 0 bridgehead atoms. The first kappa shape index (κ1) is 14.4. The van der Waals surface area contributed by atoms with Crippen molar-refractivity contribution >= 4 is 5.91 Å². The summed E-state index contributed by atoms with van der Waals surface area (Å²) in [5.74, 6) is 0.204. The molecule has 1 heterocycles. The molecule has 1 saturated heterocycles. The molecular weight excluding hydrogens is 216 g/mol. The molecule has 1 atom stereocenters. The lowest BCUT2D eigenvalue weighted by Crippen LogP contribution is -2.52. The average Bonchev–Trinajstić information content (AvgIpc) is 2.30. The summed E-state index contributed by atoms with van der Waals surface area (Å²) in [6.45, 7) is 7.15. The van der Waals surface area contributed by atoms with Gasteiger partial charge in [-0.2, -0.15) is 0 Å². The molecule has 0 aromatic rings. The second-order valence-corrected chi connectivity index (χ2v) is 5.02. The highest BCUT2D eigenvalue weighted by molar-refractivity contribution is 5.77. The minimum absolute atomic E-state index is 0.204. The highest BCUT2D eigenvalue weighted by atomic mass is 16.2. The predicted molar refractivity (Wildman–Crippen MR) is 69.8 cm³/mol. The van der Waals surface area contributed by atoms with Crippen LogP contribution in [0, 0.1) is 0 Å². The zero-order chi connectivity index (χ0) is 12.8. The van der Waals surface area contributed by atoms with Crippen molar-refractivity contribution < 1.29 is 4.79 Å². The van der Waals surface area contributed by atoms with Crippen molar-refractivity contribution in [3.8, 4) is 0 Å². The summed E-state index contributed by atoms with van der Waals surface area (Å²) < 4.78 is 0. The lowest BCUT2D eigenvalue weighted by molar-refractivity contribution is -0.131. The third kappa shape index (κ3) is 4.61. The van der Waals surface area contributed by atoms with Crippen LogP contribution in [0.4, 0.5) is 0 Å². The molecule has 17 heavy (non-hydrogen) atoms. The van der Waals surface area contributed by atoms with Crippen molar-refractivity contribution in [2.75, 3.05) is 53.4 Å². The summed E-state index contributed by atoms with van der Waals surface area (Å²) in [7, 11) is 3.99. The second kappa shape index (κ2) is 6.93. The zero-order valence-corrected chi connectivity index (χ0v) is 11.4. The SMILES string of the molecule is CC1CN(CC(=O)N(C)CCCN)CCN1C. The molecule has 1 rings (SSSR count). The number of hydrogen-bond acceptors (Lipinski definition) is 4. The van der Waals surface area contributed by atoms with Crippen LogP contribution in [0.2, 0.25) is 0 Å². The van der Waals surface area contributed by atoms with Crippen LogP contribution >= 0.6 is 0 Å². The number of likely N-dealkylation sites (N-methyl/N-ethyl adjacent to an activating group) is 2. The van der Waals surface area contributed by atoms with Gasteiger partial charge < -0.3 is 15.5 Å². The molecule has 100 valence electrons. The first-order valence-electron chi connectivity index (χ1n) is 6.41. The van der Waals surface area contributed by atoms with Crippen LogP contribution in [-0.2, 0) is 4.79 Å². The zero-order valence-electron chi connectivity index (χ0n) is 11.4. The summed E-state index contributed by atoms with van der Waals surface area (Å²) in [5, 5.41) is 0. The normalized spacial score (nSPS) is 22.7. The maximum absolute atomic E-state index is 11.9. The molecule has 1 fully saturated rings. The van der Waals surface area contributed by atoms with Crippen LogP contribution in [0.5, 0.6) is 0 Å². The van der Waals surface area contributed by atoms with E-state index in [2.05, 4.69) is 23.8 Å². The molecule has 1 aliphatic rings. The molecule has 0 radical (unpaired) electrons. The second-order valence-electron chi connectivity index (χ2n) is 5.02. The Balaban J connectivity index is 2.31. The van der Waals surface area contributed by atoms with Crippen LogP contribution in [0.3, 0.4) is 0 Å². The molecule has 0 aromatic carbocycles. The number of hydrogen-bond donors (Lipinski definition) is 1. The van der Waals surface area contributed by atoms with E-state index in [9.17, 15) is 4.79 Å². The van der Waals surface area contributed by atoms with E-state index in [4.69, 9.17) is 5.73 Å². The third-order valence-corrected chi connectivity index (χ3v) is 3.53. The first-order chi connectivity index (χ1) is 8.04. The van der Waals surface area contributed by atoms with Crippen molar-refractivity contribution in [2.45, 2.75) is 19.4 Å². The Bertz CT molecular complexity index is 247. The van der Waals surface area contributed by atoms with E-state index in [0.29, 0.717) is 19.1 Å². The van der Waals surface area contributed by atoms with Gasteiger partial charge in [-0.15, -0.1) is 0 Å². The van der Waals surface area contributed by atoms with E-state index in [-0.39, 0.29) is 5.91 Å². The van der Waals surface area contributed by atoms with E-state index in [1.54, 1.807) is 4.90 Å². The Kier molecular flexibility index (Phi) is 5.88. The van der Waals surface area contributed by atoms with Crippen LogP contribution in [0.1, 0.15) is 13.3 Å². The maximum atomic E-state index is 11.9. The van der Waals surface area contributed by atoms with Gasteiger partial charge in [-0.1, -0.05) is 0 Å². The Morgan fingerprint density at radius 3 is 2.76 bits per heavy atom. The lowest BCUT2D eigenvalue weighted by Gasteiger charge is -2.37. The Morgan fingerprint density at radius 1 is 1.47 bits per heavy atom. The van der Waals surface area contributed by atoms with Crippen molar-refractivity contribution in [2.24, 2.45) is 5.73 Å². The Hall–Kier alpha value is -0.650. The van der Waals surface area contributed by atoms with Gasteiger partial charge in [0, 0.05) is 39.3 Å². The van der Waals surface area contributed by atoms with Gasteiger partial charge in [0.05, 0.1) is 6.54 Å². The molecule has 0 saturated carbocycles. The van der Waals surface area contributed by atoms with Crippen molar-refractivity contribution in [3.63, 3.8) is 0 Å². The van der Waals surface area contributed by atoms with E-state index in [0.717, 1.165) is 32.6 Å². The molecule has 1 aliphatic heterocycles. The standard InChI is InChI=1S/C12H26N4O/c1-11-9-16(8-7-14(11)2)10-12(17)15(3)6-4-5-13/h11H,4-10,13H2,1-3H3. The fourth-order valence-corrected chi connectivity index (χ4v) is 2.03. The third-order valence-electron chi connectivity index (χ3n) is 3.53. The minimum atomic E-state index is 0.204. The largest absolute Gasteiger partial charge is 0.345 e. The maximum Gasteiger partial charge on any atom is 0.236 e. The number of nitrogens with zero attached hydrogens (tertiary/aromatic N) is 3. The lowest BCUT2D eigenvalue weighted by atomic mass is 10.2. The summed E-state index contributed by atoms with van der Waals surface area (Å²) in [6, 6.07) is 0.533. The number of nitrogens with two attached hydrogens (primary N) is 1. The number of piperazine rings is 1. The van der Waals surface area contributed by atoms with Crippen LogP contribution in [-0.4, -0.2) is 80.0 Å². The molecule has 0 aliphatic carbocycles. The van der Waals surface area contributed by atoms with Crippen LogP contribution < -0.4 is 5.73 Å². The molecule has 5 nitrogen and oxygen atoms in total. The van der Waals surface area contributed by atoms with Crippen LogP contribution in [0.25, 0.3) is 0 Å². The average molecular weight is 242 g/mol. The summed E-state index contributed by atoms with van der Waals surface area (Å²) in [4.78, 5) is 18.3. The van der Waals surface area contributed by atoms with Crippen molar-refractivity contribution in [1.29, 1.82) is 0 Å². The molecule has 0 spiro atoms. The molecule has 1 amide bonds. The van der Waals surface area contributed by atoms with Gasteiger partial charge >= 0.3 is 0 Å². The van der Waals surface area contributed by atoms with E-state index in [1.165, 1.54) is 0 Å². The van der Waals surface area contributed by atoms with Crippen molar-refractivity contribution in [1.82, 2.24) is 14.7 Å². The Morgan fingerprint density at radius 2 is 2.18 bits per heavy atom. The molecule has 2 N–H and O–H groups in total. The highest BCUT2D eigenvalue weighted by Gasteiger charge is 2.22. The van der Waals surface area contributed by atoms with E-state index < -0.39 is 0 Å². The topological polar surface area (TPSA) is 52.8 Å². The molecule has 0 aromatic heterocycles. The van der Waals surface area contributed by atoms with Gasteiger partial charge in [-0.3, -0.25) is 9.69 Å². The fraction of sp³-hybridized carbons (Fsp3) is 0.917. The number of carbonyl (C=O) groups is 1. The quantitative estimate of drug-likeness (QED) is 0.701. The molecule has 1 unspecified atom stereocenters. The smallest absolute Gasteiger partial charge is 0.236 e. The Labute approximate surface area is 105 Å². The van der Waals surface area contributed by atoms with Gasteiger partial charge in [0.2, 0.25) is 5.91 Å². The van der Waals surface area contributed by atoms with Crippen LogP contribution in [0.15, 0.2) is 0 Å².